The van der Waals surface area contributed by atoms with Gasteiger partial charge in [-0.1, -0.05) is 29.8 Å². The van der Waals surface area contributed by atoms with Gasteiger partial charge < -0.3 is 5.32 Å². The molecule has 2 heterocycles. The summed E-state index contributed by atoms with van der Waals surface area (Å²) in [6.45, 7) is 1.78. The molecule has 0 aliphatic carbocycles. The van der Waals surface area contributed by atoms with Crippen molar-refractivity contribution in [1.82, 2.24) is 19.6 Å². The number of nitrogens with zero attached hydrogens (tertiary/aromatic N) is 4. The Kier molecular flexibility index (Phi) is 4.87. The largest absolute Gasteiger partial charge is 0.416 e. The molecule has 9 heteroatoms. The van der Waals surface area contributed by atoms with Gasteiger partial charge in [-0.3, -0.25) is 0 Å². The summed E-state index contributed by atoms with van der Waals surface area (Å²) in [5.74, 6) is 1.38. The third-order valence-electron chi connectivity index (χ3n) is 4.22. The SMILES string of the molecule is Cc1cc(Nc2cccc(C(F)(F)F)c2)n2nc(Cc3ccc(Cl)cc3)nc2n1. The van der Waals surface area contributed by atoms with Gasteiger partial charge in [0.2, 0.25) is 0 Å². The number of aromatic nitrogens is 4. The van der Waals surface area contributed by atoms with Gasteiger partial charge in [0.05, 0.1) is 5.56 Å². The molecule has 5 nitrogen and oxygen atoms in total. The average Bonchev–Trinajstić information content (AvgIpc) is 3.05. The maximum atomic E-state index is 13.0. The van der Waals surface area contributed by atoms with Crippen molar-refractivity contribution in [2.75, 3.05) is 5.32 Å². The number of hydrogen-bond donors (Lipinski definition) is 1. The molecule has 2 aromatic carbocycles. The van der Waals surface area contributed by atoms with Gasteiger partial charge in [0.1, 0.15) is 5.82 Å². The summed E-state index contributed by atoms with van der Waals surface area (Å²) >= 11 is 5.91. The van der Waals surface area contributed by atoms with Crippen LogP contribution in [0.15, 0.2) is 54.6 Å². The number of halogens is 4. The van der Waals surface area contributed by atoms with E-state index in [1.54, 1.807) is 31.2 Å². The molecule has 0 unspecified atom stereocenters. The smallest absolute Gasteiger partial charge is 0.340 e. The predicted octanol–water partition coefficient (Wildman–Crippen LogP) is 5.44. The minimum atomic E-state index is -4.42. The molecule has 0 fully saturated rings. The van der Waals surface area contributed by atoms with Crippen LogP contribution in [-0.2, 0) is 12.6 Å². The van der Waals surface area contributed by atoms with Gasteiger partial charge in [-0.05, 0) is 42.8 Å². The Morgan fingerprint density at radius 1 is 1.03 bits per heavy atom. The minimum Gasteiger partial charge on any atom is -0.340 e. The number of benzene rings is 2. The second kappa shape index (κ2) is 7.36. The molecule has 0 radical (unpaired) electrons. The molecule has 4 aromatic rings. The van der Waals surface area contributed by atoms with Crippen molar-refractivity contribution in [1.29, 1.82) is 0 Å². The van der Waals surface area contributed by atoms with Crippen LogP contribution in [0.4, 0.5) is 24.7 Å². The topological polar surface area (TPSA) is 55.1 Å². The van der Waals surface area contributed by atoms with Crippen LogP contribution in [0.2, 0.25) is 5.02 Å². The highest BCUT2D eigenvalue weighted by Gasteiger charge is 2.30. The van der Waals surface area contributed by atoms with Crippen molar-refractivity contribution >= 4 is 28.9 Å². The molecule has 0 saturated heterocycles. The first-order valence-electron chi connectivity index (χ1n) is 8.70. The Bertz CT molecular complexity index is 1170. The van der Waals surface area contributed by atoms with Gasteiger partial charge in [-0.15, -0.1) is 5.10 Å². The zero-order valence-electron chi connectivity index (χ0n) is 15.2. The van der Waals surface area contributed by atoms with Gasteiger partial charge in [-0.2, -0.15) is 22.7 Å². The fourth-order valence-corrected chi connectivity index (χ4v) is 3.02. The third kappa shape index (κ3) is 4.32. The van der Waals surface area contributed by atoms with Crippen molar-refractivity contribution in [2.45, 2.75) is 19.5 Å². The van der Waals surface area contributed by atoms with E-state index in [4.69, 9.17) is 11.6 Å². The number of rotatable bonds is 4. The molecule has 29 heavy (non-hydrogen) atoms. The van der Waals surface area contributed by atoms with Crippen LogP contribution in [0.1, 0.15) is 22.6 Å². The lowest BCUT2D eigenvalue weighted by molar-refractivity contribution is -0.137. The monoisotopic (exact) mass is 417 g/mol. The van der Waals surface area contributed by atoms with Crippen LogP contribution in [0, 0.1) is 6.92 Å². The maximum Gasteiger partial charge on any atom is 0.416 e. The minimum absolute atomic E-state index is 0.293. The van der Waals surface area contributed by atoms with E-state index in [0.717, 1.165) is 17.7 Å². The van der Waals surface area contributed by atoms with Crippen LogP contribution in [0.3, 0.4) is 0 Å². The maximum absolute atomic E-state index is 13.0. The van der Waals surface area contributed by atoms with Gasteiger partial charge in [0.25, 0.3) is 5.78 Å². The van der Waals surface area contributed by atoms with Crippen LogP contribution in [-0.4, -0.2) is 19.6 Å². The van der Waals surface area contributed by atoms with E-state index in [2.05, 4.69) is 20.4 Å². The highest BCUT2D eigenvalue weighted by molar-refractivity contribution is 6.30. The van der Waals surface area contributed by atoms with Crippen molar-refractivity contribution in [3.05, 3.63) is 82.3 Å². The number of alkyl halides is 3. The van der Waals surface area contributed by atoms with Crippen molar-refractivity contribution in [3.8, 4) is 0 Å². The highest BCUT2D eigenvalue weighted by Crippen LogP contribution is 2.31. The van der Waals surface area contributed by atoms with Gasteiger partial charge in [0, 0.05) is 28.9 Å². The zero-order valence-corrected chi connectivity index (χ0v) is 16.0. The highest BCUT2D eigenvalue weighted by atomic mass is 35.5. The number of nitrogens with one attached hydrogen (secondary N) is 1. The van der Waals surface area contributed by atoms with Gasteiger partial charge in [-0.25, -0.2) is 4.98 Å². The van der Waals surface area contributed by atoms with E-state index in [-0.39, 0.29) is 0 Å². The number of aryl methyl sites for hydroxylation is 1. The summed E-state index contributed by atoms with van der Waals surface area (Å²) in [6.07, 6.45) is -3.94. The molecule has 0 atom stereocenters. The molecular weight excluding hydrogens is 403 g/mol. The molecule has 0 bridgehead atoms. The molecule has 0 amide bonds. The first-order chi connectivity index (χ1) is 13.8. The second-order valence-corrected chi connectivity index (χ2v) is 6.97. The first kappa shape index (κ1) is 19.2. The lowest BCUT2D eigenvalue weighted by Crippen LogP contribution is -2.06. The third-order valence-corrected chi connectivity index (χ3v) is 4.47. The van der Waals surface area contributed by atoms with Crippen LogP contribution in [0.25, 0.3) is 5.78 Å². The van der Waals surface area contributed by atoms with Gasteiger partial charge >= 0.3 is 6.18 Å². The summed E-state index contributed by atoms with van der Waals surface area (Å²) in [5, 5.41) is 8.09. The lowest BCUT2D eigenvalue weighted by atomic mass is 10.1. The van der Waals surface area contributed by atoms with E-state index in [1.165, 1.54) is 10.6 Å². The molecular formula is C20H15ClF3N5. The van der Waals surface area contributed by atoms with E-state index >= 15 is 0 Å². The normalized spacial score (nSPS) is 11.8. The Hall–Kier alpha value is -3.13. The van der Waals surface area contributed by atoms with Crippen molar-refractivity contribution in [3.63, 3.8) is 0 Å². The molecule has 0 spiro atoms. The van der Waals surface area contributed by atoms with E-state index in [0.29, 0.717) is 40.2 Å². The Morgan fingerprint density at radius 3 is 2.52 bits per heavy atom. The lowest BCUT2D eigenvalue weighted by Gasteiger charge is -2.11. The van der Waals surface area contributed by atoms with Crippen molar-refractivity contribution < 1.29 is 13.2 Å². The Labute approximate surface area is 169 Å². The quantitative estimate of drug-likeness (QED) is 0.480. The van der Waals surface area contributed by atoms with Gasteiger partial charge in [0.15, 0.2) is 5.82 Å². The van der Waals surface area contributed by atoms with Crippen LogP contribution in [0.5, 0.6) is 0 Å². The average molecular weight is 418 g/mol. The fraction of sp³-hybridized carbons (Fsp3) is 0.150. The summed E-state index contributed by atoms with van der Waals surface area (Å²) in [7, 11) is 0. The predicted molar refractivity (Wildman–Crippen MR) is 105 cm³/mol. The van der Waals surface area contributed by atoms with Crippen LogP contribution < -0.4 is 5.32 Å². The molecule has 1 N–H and O–H groups in total. The molecule has 0 saturated carbocycles. The van der Waals surface area contributed by atoms with Crippen LogP contribution >= 0.6 is 11.6 Å². The molecule has 0 aliphatic heterocycles. The molecule has 0 aliphatic rings. The summed E-state index contributed by atoms with van der Waals surface area (Å²) in [4.78, 5) is 8.80. The number of fused-ring (bicyclic) bond motifs is 1. The second-order valence-electron chi connectivity index (χ2n) is 6.53. The standard InChI is InChI=1S/C20H15ClF3N5/c1-12-9-18(26-16-4-2-3-14(11-16)20(22,23)24)29-19(25-12)27-17(28-29)10-13-5-7-15(21)8-6-13/h2-9,11,26H,10H2,1H3. The summed E-state index contributed by atoms with van der Waals surface area (Å²) in [6, 6.07) is 14.0. The summed E-state index contributed by atoms with van der Waals surface area (Å²) in [5.41, 5.74) is 1.21. The molecule has 4 rings (SSSR count). The van der Waals surface area contributed by atoms with Crippen molar-refractivity contribution in [2.24, 2.45) is 0 Å². The summed E-state index contributed by atoms with van der Waals surface area (Å²) < 4.78 is 40.4. The number of hydrogen-bond acceptors (Lipinski definition) is 4. The fourth-order valence-electron chi connectivity index (χ4n) is 2.90. The molecule has 148 valence electrons. The van der Waals surface area contributed by atoms with E-state index < -0.39 is 11.7 Å². The van der Waals surface area contributed by atoms with E-state index in [9.17, 15) is 13.2 Å². The molecule has 2 aromatic heterocycles. The number of anilines is 2. The van der Waals surface area contributed by atoms with E-state index in [1.807, 2.05) is 12.1 Å². The zero-order chi connectivity index (χ0) is 20.6. The Morgan fingerprint density at radius 2 is 1.79 bits per heavy atom. The Balaban J connectivity index is 1.67. The first-order valence-corrected chi connectivity index (χ1v) is 9.08.